The SMILES string of the molecule is COCc1ccsc1C(=O)Nc1c(C)cc(C)c(OC(=O)CCCON(O)O)c1C. The molecular weight excluding hydrogens is 412 g/mol. The highest BCUT2D eigenvalue weighted by Gasteiger charge is 2.19. The smallest absolute Gasteiger partial charge is 0.311 e. The Kier molecular flexibility index (Phi) is 8.90. The number of carbonyl (C=O) groups excluding carboxylic acids is 2. The van der Waals surface area contributed by atoms with Gasteiger partial charge in [0.1, 0.15) is 5.75 Å². The Balaban J connectivity index is 2.15. The van der Waals surface area contributed by atoms with Gasteiger partial charge in [0.25, 0.3) is 5.91 Å². The van der Waals surface area contributed by atoms with Gasteiger partial charge >= 0.3 is 5.97 Å². The fraction of sp³-hybridized carbons (Fsp3) is 0.400. The van der Waals surface area contributed by atoms with Crippen LogP contribution in [0, 0.1) is 20.8 Å². The molecule has 0 bridgehead atoms. The van der Waals surface area contributed by atoms with E-state index in [1.54, 1.807) is 14.0 Å². The van der Waals surface area contributed by atoms with E-state index < -0.39 is 11.4 Å². The highest BCUT2D eigenvalue weighted by molar-refractivity contribution is 7.12. The van der Waals surface area contributed by atoms with E-state index in [0.29, 0.717) is 28.5 Å². The molecule has 164 valence electrons. The van der Waals surface area contributed by atoms with Crippen molar-refractivity contribution in [2.24, 2.45) is 0 Å². The van der Waals surface area contributed by atoms with E-state index in [4.69, 9.17) is 19.9 Å². The minimum absolute atomic E-state index is 0.0257. The summed E-state index contributed by atoms with van der Waals surface area (Å²) in [7, 11) is 1.57. The molecule has 0 spiro atoms. The van der Waals surface area contributed by atoms with Crippen molar-refractivity contribution in [1.82, 2.24) is 5.39 Å². The topological polar surface area (TPSA) is 118 Å². The van der Waals surface area contributed by atoms with Crippen LogP contribution in [0.1, 0.15) is 44.8 Å². The van der Waals surface area contributed by atoms with Crippen LogP contribution in [0.25, 0.3) is 0 Å². The summed E-state index contributed by atoms with van der Waals surface area (Å²) in [5.74, 6) is -0.357. The highest BCUT2D eigenvalue weighted by Crippen LogP contribution is 2.34. The number of benzene rings is 1. The number of aryl methyl sites for hydroxylation is 2. The van der Waals surface area contributed by atoms with Crippen LogP contribution >= 0.6 is 11.3 Å². The number of esters is 1. The third-order valence-electron chi connectivity index (χ3n) is 4.34. The van der Waals surface area contributed by atoms with Gasteiger partial charge in [-0.25, -0.2) is 0 Å². The number of amides is 1. The van der Waals surface area contributed by atoms with E-state index in [9.17, 15) is 9.59 Å². The number of anilines is 1. The summed E-state index contributed by atoms with van der Waals surface area (Å²) in [5, 5.41) is 21.3. The first-order valence-electron chi connectivity index (χ1n) is 9.23. The second kappa shape index (κ2) is 11.2. The minimum atomic E-state index is -0.492. The molecule has 3 N–H and O–H groups in total. The van der Waals surface area contributed by atoms with Gasteiger partial charge in [-0.15, -0.1) is 11.3 Å². The number of carbonyl (C=O) groups is 2. The van der Waals surface area contributed by atoms with Crippen molar-refractivity contribution in [2.45, 2.75) is 40.2 Å². The lowest BCUT2D eigenvalue weighted by Gasteiger charge is -2.18. The summed E-state index contributed by atoms with van der Waals surface area (Å²) in [6.07, 6.45) is 0.266. The van der Waals surface area contributed by atoms with Crippen molar-refractivity contribution in [1.29, 1.82) is 0 Å². The molecule has 1 aromatic heterocycles. The third-order valence-corrected chi connectivity index (χ3v) is 5.30. The van der Waals surface area contributed by atoms with Crippen molar-refractivity contribution < 1.29 is 34.3 Å². The van der Waals surface area contributed by atoms with Crippen molar-refractivity contribution in [2.75, 3.05) is 19.0 Å². The second-order valence-electron chi connectivity index (χ2n) is 6.67. The van der Waals surface area contributed by atoms with Gasteiger partial charge in [-0.1, -0.05) is 6.07 Å². The highest BCUT2D eigenvalue weighted by atomic mass is 32.1. The molecule has 1 aromatic carbocycles. The first-order valence-corrected chi connectivity index (χ1v) is 10.1. The molecule has 9 nitrogen and oxygen atoms in total. The van der Waals surface area contributed by atoms with Crippen LogP contribution in [-0.4, -0.2) is 41.4 Å². The van der Waals surface area contributed by atoms with Crippen LogP contribution in [0.2, 0.25) is 0 Å². The molecule has 0 unspecified atom stereocenters. The number of hydrogen-bond acceptors (Lipinski definition) is 9. The molecule has 0 aliphatic heterocycles. The zero-order valence-corrected chi connectivity index (χ0v) is 18.2. The Morgan fingerprint density at radius 3 is 2.60 bits per heavy atom. The van der Waals surface area contributed by atoms with Crippen molar-refractivity contribution >= 4 is 28.9 Å². The average molecular weight is 439 g/mol. The number of methoxy groups -OCH3 is 1. The fourth-order valence-electron chi connectivity index (χ4n) is 3.02. The number of nitrogens with one attached hydrogen (secondary N) is 1. The van der Waals surface area contributed by atoms with Gasteiger partial charge in [0.2, 0.25) is 0 Å². The molecule has 0 saturated heterocycles. The molecule has 30 heavy (non-hydrogen) atoms. The zero-order chi connectivity index (χ0) is 22.3. The molecule has 1 heterocycles. The Morgan fingerprint density at radius 1 is 1.20 bits per heavy atom. The number of ether oxygens (including phenoxy) is 2. The fourth-order valence-corrected chi connectivity index (χ4v) is 3.82. The van der Waals surface area contributed by atoms with Crippen LogP contribution < -0.4 is 10.1 Å². The van der Waals surface area contributed by atoms with Gasteiger partial charge in [-0.05, 0) is 49.8 Å². The summed E-state index contributed by atoms with van der Waals surface area (Å²) in [6, 6.07) is 3.69. The van der Waals surface area contributed by atoms with Crippen molar-refractivity contribution in [3.8, 4) is 5.75 Å². The minimum Gasteiger partial charge on any atom is -0.426 e. The van der Waals surface area contributed by atoms with Gasteiger partial charge in [-0.3, -0.25) is 24.8 Å². The van der Waals surface area contributed by atoms with E-state index in [0.717, 1.165) is 16.7 Å². The largest absolute Gasteiger partial charge is 0.426 e. The second-order valence-corrected chi connectivity index (χ2v) is 7.58. The molecule has 1 amide bonds. The Bertz CT molecular complexity index is 896. The molecule has 0 aliphatic rings. The quantitative estimate of drug-likeness (QED) is 0.222. The molecule has 0 saturated carbocycles. The van der Waals surface area contributed by atoms with Crippen LogP contribution in [0.5, 0.6) is 5.75 Å². The predicted molar refractivity (Wildman–Crippen MR) is 110 cm³/mol. The van der Waals surface area contributed by atoms with E-state index in [1.807, 2.05) is 31.4 Å². The number of nitrogens with zero attached hydrogens (tertiary/aromatic N) is 1. The summed E-state index contributed by atoms with van der Waals surface area (Å²) in [5.41, 5.74) is 3.65. The van der Waals surface area contributed by atoms with Gasteiger partial charge in [-0.2, -0.15) is 0 Å². The van der Waals surface area contributed by atoms with Crippen LogP contribution in [0.3, 0.4) is 0 Å². The standard InChI is InChI=1S/C20H26N2O7S/c1-12-10-13(2)18(29-16(23)6-5-8-28-22(25)26)14(3)17(12)21-20(24)19-15(11-27-4)7-9-30-19/h7,9-10,25-26H,5-6,8,11H2,1-4H3,(H,21,24). The molecule has 2 rings (SSSR count). The third kappa shape index (κ3) is 6.33. The lowest BCUT2D eigenvalue weighted by Crippen LogP contribution is -2.17. The summed E-state index contributed by atoms with van der Waals surface area (Å²) >= 11 is 1.33. The van der Waals surface area contributed by atoms with Crippen LogP contribution in [0.4, 0.5) is 5.69 Å². The summed E-state index contributed by atoms with van der Waals surface area (Å²) < 4.78 is 10.6. The maximum atomic E-state index is 12.8. The van der Waals surface area contributed by atoms with E-state index in [2.05, 4.69) is 10.2 Å². The van der Waals surface area contributed by atoms with Crippen LogP contribution in [-0.2, 0) is 21.0 Å². The normalized spacial score (nSPS) is 11.0. The average Bonchev–Trinajstić information content (AvgIpc) is 3.14. The van der Waals surface area contributed by atoms with Gasteiger partial charge in [0, 0.05) is 24.7 Å². The zero-order valence-electron chi connectivity index (χ0n) is 17.4. The lowest BCUT2D eigenvalue weighted by molar-refractivity contribution is -0.492. The lowest BCUT2D eigenvalue weighted by atomic mass is 10.0. The van der Waals surface area contributed by atoms with E-state index >= 15 is 0 Å². The van der Waals surface area contributed by atoms with Crippen LogP contribution in [0.15, 0.2) is 17.5 Å². The molecule has 0 aliphatic carbocycles. The van der Waals surface area contributed by atoms with E-state index in [1.165, 1.54) is 11.3 Å². The maximum Gasteiger partial charge on any atom is 0.311 e. The molecule has 10 heteroatoms. The molecular formula is C20H26N2O7S. The molecule has 0 fully saturated rings. The van der Waals surface area contributed by atoms with E-state index in [-0.39, 0.29) is 25.4 Å². The first-order chi connectivity index (χ1) is 14.2. The number of thiophene rings is 1. The van der Waals surface area contributed by atoms with Crippen molar-refractivity contribution in [3.05, 3.63) is 44.6 Å². The van der Waals surface area contributed by atoms with Gasteiger partial charge in [0.15, 0.2) is 0 Å². The number of rotatable bonds is 10. The molecule has 0 atom stereocenters. The Hall–Kier alpha value is -2.34. The summed E-state index contributed by atoms with van der Waals surface area (Å²) in [4.78, 5) is 29.9. The monoisotopic (exact) mass is 438 g/mol. The summed E-state index contributed by atoms with van der Waals surface area (Å²) in [6.45, 7) is 5.76. The first kappa shape index (κ1) is 23.9. The Labute approximate surface area is 178 Å². The molecule has 2 aromatic rings. The number of hydrogen-bond donors (Lipinski definition) is 3. The van der Waals surface area contributed by atoms with Gasteiger partial charge in [0.05, 0.1) is 29.2 Å². The van der Waals surface area contributed by atoms with Crippen molar-refractivity contribution in [3.63, 3.8) is 0 Å². The molecule has 0 radical (unpaired) electrons. The predicted octanol–water partition coefficient (Wildman–Crippen LogP) is 3.77. The Morgan fingerprint density at radius 2 is 1.93 bits per heavy atom. The maximum absolute atomic E-state index is 12.8. The van der Waals surface area contributed by atoms with Gasteiger partial charge < -0.3 is 14.8 Å².